The second kappa shape index (κ2) is 11.9. The summed E-state index contributed by atoms with van der Waals surface area (Å²) in [4.78, 5) is 12.2. The van der Waals surface area contributed by atoms with Crippen LogP contribution in [-0.2, 0) is 17.8 Å². The summed E-state index contributed by atoms with van der Waals surface area (Å²) < 4.78 is 11.2. The second-order valence-corrected chi connectivity index (χ2v) is 7.99. The number of ether oxygens (including phenoxy) is 2. The third-order valence-corrected chi connectivity index (χ3v) is 5.29. The van der Waals surface area contributed by atoms with E-state index in [-0.39, 0.29) is 12.5 Å². The molecular formula is C27H32N2O3. The summed E-state index contributed by atoms with van der Waals surface area (Å²) in [7, 11) is 1.61. The summed E-state index contributed by atoms with van der Waals surface area (Å²) >= 11 is 0. The standard InChI is InChI=1S/C27H32N2O3/c1-20-9-14-24(15-10-20)29-27(30)19-32-25-16-13-23(17-26(25)31-3)18-28-21(2)11-12-22-7-5-4-6-8-22/h4-10,13-17,21,28H,11-12,18-19H2,1-3H3,(H,29,30)/t21-/m1/s1. The van der Waals surface area contributed by atoms with E-state index in [0.29, 0.717) is 17.5 Å². The SMILES string of the molecule is COc1cc(CN[C@H](C)CCc2ccccc2)ccc1OCC(=O)Nc1ccc(C)cc1. The fraction of sp³-hybridized carbons (Fsp3) is 0.296. The highest BCUT2D eigenvalue weighted by molar-refractivity contribution is 5.91. The molecule has 5 nitrogen and oxygen atoms in total. The summed E-state index contributed by atoms with van der Waals surface area (Å²) in [5.41, 5.74) is 4.35. The molecule has 3 aromatic rings. The van der Waals surface area contributed by atoms with Crippen LogP contribution in [0.15, 0.2) is 72.8 Å². The Morgan fingerprint density at radius 3 is 2.41 bits per heavy atom. The maximum atomic E-state index is 12.2. The number of rotatable bonds is 11. The predicted octanol–water partition coefficient (Wildman–Crippen LogP) is 5.13. The van der Waals surface area contributed by atoms with Crippen LogP contribution in [0.5, 0.6) is 11.5 Å². The van der Waals surface area contributed by atoms with Crippen LogP contribution in [0.1, 0.15) is 30.0 Å². The van der Waals surface area contributed by atoms with E-state index in [1.807, 2.05) is 55.5 Å². The Morgan fingerprint density at radius 2 is 1.69 bits per heavy atom. The third kappa shape index (κ3) is 7.43. The zero-order chi connectivity index (χ0) is 22.8. The maximum Gasteiger partial charge on any atom is 0.262 e. The first-order valence-corrected chi connectivity index (χ1v) is 11.0. The number of carbonyl (C=O) groups is 1. The molecular weight excluding hydrogens is 400 g/mol. The smallest absolute Gasteiger partial charge is 0.262 e. The van der Waals surface area contributed by atoms with E-state index in [1.54, 1.807) is 7.11 Å². The zero-order valence-electron chi connectivity index (χ0n) is 19.1. The summed E-state index contributed by atoms with van der Waals surface area (Å²) in [6.07, 6.45) is 2.12. The molecule has 0 fully saturated rings. The molecule has 0 saturated heterocycles. The fourth-order valence-electron chi connectivity index (χ4n) is 3.34. The van der Waals surface area contributed by atoms with Gasteiger partial charge < -0.3 is 20.1 Å². The number of hydrogen-bond donors (Lipinski definition) is 2. The average Bonchev–Trinajstić information content (AvgIpc) is 2.82. The lowest BCUT2D eigenvalue weighted by atomic mass is 10.1. The Morgan fingerprint density at radius 1 is 0.938 bits per heavy atom. The average molecular weight is 433 g/mol. The van der Waals surface area contributed by atoms with Crippen molar-refractivity contribution < 1.29 is 14.3 Å². The highest BCUT2D eigenvalue weighted by atomic mass is 16.5. The first kappa shape index (κ1) is 23.4. The minimum Gasteiger partial charge on any atom is -0.493 e. The minimum atomic E-state index is -0.214. The lowest BCUT2D eigenvalue weighted by Crippen LogP contribution is -2.26. The largest absolute Gasteiger partial charge is 0.493 e. The van der Waals surface area contributed by atoms with Gasteiger partial charge in [0.25, 0.3) is 5.91 Å². The Hall–Kier alpha value is -3.31. The molecule has 32 heavy (non-hydrogen) atoms. The number of aryl methyl sites for hydroxylation is 2. The van der Waals surface area contributed by atoms with Crippen LogP contribution in [0.2, 0.25) is 0 Å². The van der Waals surface area contributed by atoms with E-state index >= 15 is 0 Å². The van der Waals surface area contributed by atoms with Crippen molar-refractivity contribution in [1.29, 1.82) is 0 Å². The number of anilines is 1. The first-order chi connectivity index (χ1) is 15.5. The molecule has 0 unspecified atom stereocenters. The van der Waals surface area contributed by atoms with Gasteiger partial charge in [0, 0.05) is 18.3 Å². The number of amides is 1. The van der Waals surface area contributed by atoms with Gasteiger partial charge >= 0.3 is 0 Å². The van der Waals surface area contributed by atoms with Crippen LogP contribution in [0.3, 0.4) is 0 Å². The highest BCUT2D eigenvalue weighted by Crippen LogP contribution is 2.28. The van der Waals surface area contributed by atoms with Gasteiger partial charge in [-0.25, -0.2) is 0 Å². The molecule has 0 bridgehead atoms. The quantitative estimate of drug-likeness (QED) is 0.441. The molecule has 0 heterocycles. The summed E-state index contributed by atoms with van der Waals surface area (Å²) in [6, 6.07) is 24.4. The second-order valence-electron chi connectivity index (χ2n) is 7.99. The molecule has 2 N–H and O–H groups in total. The Balaban J connectivity index is 1.47. The van der Waals surface area contributed by atoms with Gasteiger partial charge in [-0.1, -0.05) is 54.1 Å². The Bertz CT molecular complexity index is 988. The van der Waals surface area contributed by atoms with Crippen molar-refractivity contribution in [2.24, 2.45) is 0 Å². The van der Waals surface area contributed by atoms with Crippen molar-refractivity contribution in [3.63, 3.8) is 0 Å². The van der Waals surface area contributed by atoms with Crippen molar-refractivity contribution in [1.82, 2.24) is 5.32 Å². The molecule has 0 aliphatic heterocycles. The van der Waals surface area contributed by atoms with Gasteiger partial charge in [-0.05, 0) is 62.1 Å². The molecule has 1 atom stereocenters. The van der Waals surface area contributed by atoms with Crippen LogP contribution < -0.4 is 20.1 Å². The van der Waals surface area contributed by atoms with Crippen LogP contribution in [-0.4, -0.2) is 25.7 Å². The van der Waals surface area contributed by atoms with Crippen LogP contribution >= 0.6 is 0 Å². The van der Waals surface area contributed by atoms with Crippen molar-refractivity contribution >= 4 is 11.6 Å². The van der Waals surface area contributed by atoms with Gasteiger partial charge in [-0.2, -0.15) is 0 Å². The molecule has 1 amide bonds. The van der Waals surface area contributed by atoms with Gasteiger partial charge in [-0.15, -0.1) is 0 Å². The van der Waals surface area contributed by atoms with E-state index < -0.39 is 0 Å². The monoisotopic (exact) mass is 432 g/mol. The molecule has 0 aromatic heterocycles. The van der Waals surface area contributed by atoms with E-state index in [1.165, 1.54) is 5.56 Å². The Labute approximate surface area is 190 Å². The van der Waals surface area contributed by atoms with Crippen molar-refractivity contribution in [2.45, 2.75) is 39.3 Å². The number of methoxy groups -OCH3 is 1. The molecule has 0 saturated carbocycles. The Kier molecular flexibility index (Phi) is 8.70. The van der Waals surface area contributed by atoms with Crippen LogP contribution in [0, 0.1) is 6.92 Å². The van der Waals surface area contributed by atoms with Gasteiger partial charge in [-0.3, -0.25) is 4.79 Å². The van der Waals surface area contributed by atoms with E-state index in [2.05, 4.69) is 41.8 Å². The normalized spacial score (nSPS) is 11.6. The lowest BCUT2D eigenvalue weighted by Gasteiger charge is -2.16. The highest BCUT2D eigenvalue weighted by Gasteiger charge is 2.10. The first-order valence-electron chi connectivity index (χ1n) is 11.0. The minimum absolute atomic E-state index is 0.0850. The number of carbonyl (C=O) groups excluding carboxylic acids is 1. The number of benzene rings is 3. The summed E-state index contributed by atoms with van der Waals surface area (Å²) in [5, 5.41) is 6.39. The van der Waals surface area contributed by atoms with Crippen molar-refractivity contribution in [3.05, 3.63) is 89.5 Å². The van der Waals surface area contributed by atoms with Gasteiger partial charge in [0.2, 0.25) is 0 Å². The zero-order valence-corrected chi connectivity index (χ0v) is 19.1. The number of nitrogens with one attached hydrogen (secondary N) is 2. The van der Waals surface area contributed by atoms with Gasteiger partial charge in [0.15, 0.2) is 18.1 Å². The molecule has 0 radical (unpaired) electrons. The van der Waals surface area contributed by atoms with Crippen LogP contribution in [0.4, 0.5) is 5.69 Å². The molecule has 3 rings (SSSR count). The molecule has 5 heteroatoms. The summed E-state index contributed by atoms with van der Waals surface area (Å²) in [5.74, 6) is 0.950. The fourth-order valence-corrected chi connectivity index (χ4v) is 3.34. The van der Waals surface area contributed by atoms with Crippen molar-refractivity contribution in [2.75, 3.05) is 19.0 Å². The molecule has 0 aliphatic carbocycles. The molecule has 0 aliphatic rings. The van der Waals surface area contributed by atoms with Gasteiger partial charge in [0.05, 0.1) is 7.11 Å². The van der Waals surface area contributed by atoms with E-state index in [4.69, 9.17) is 9.47 Å². The van der Waals surface area contributed by atoms with Crippen LogP contribution in [0.25, 0.3) is 0 Å². The number of hydrogen-bond acceptors (Lipinski definition) is 4. The van der Waals surface area contributed by atoms with Gasteiger partial charge in [0.1, 0.15) is 0 Å². The lowest BCUT2D eigenvalue weighted by molar-refractivity contribution is -0.118. The molecule has 3 aromatic carbocycles. The third-order valence-electron chi connectivity index (χ3n) is 5.29. The maximum absolute atomic E-state index is 12.2. The molecule has 0 spiro atoms. The topological polar surface area (TPSA) is 59.6 Å². The molecule has 168 valence electrons. The predicted molar refractivity (Wildman–Crippen MR) is 129 cm³/mol. The van der Waals surface area contributed by atoms with E-state index in [0.717, 1.165) is 36.2 Å². The van der Waals surface area contributed by atoms with Crippen molar-refractivity contribution in [3.8, 4) is 11.5 Å². The van der Waals surface area contributed by atoms with E-state index in [9.17, 15) is 4.79 Å². The summed E-state index contributed by atoms with van der Waals surface area (Å²) in [6.45, 7) is 4.86.